The number of hydrogen-bond acceptors (Lipinski definition) is 4. The van der Waals surface area contributed by atoms with Crippen LogP contribution in [-0.4, -0.2) is 27.7 Å². The third-order valence-corrected chi connectivity index (χ3v) is 4.45. The minimum absolute atomic E-state index is 0.0610. The van der Waals surface area contributed by atoms with Crippen LogP contribution in [-0.2, 0) is 11.3 Å². The predicted octanol–water partition coefficient (Wildman–Crippen LogP) is 2.74. The first-order chi connectivity index (χ1) is 10.3. The highest BCUT2D eigenvalue weighted by atomic mass is 19.3. The molecule has 0 radical (unpaired) electrons. The first-order valence-electron chi connectivity index (χ1n) is 7.68. The maximum Gasteiger partial charge on any atom is 0.352 e. The molecule has 1 saturated carbocycles. The Balaban J connectivity index is 1.94. The smallest absolute Gasteiger partial charge is 0.352 e. The summed E-state index contributed by atoms with van der Waals surface area (Å²) in [5.41, 5.74) is -1.45. The largest absolute Gasteiger partial charge is 0.383 e. The number of hydrogen-bond donors (Lipinski definition) is 2. The van der Waals surface area contributed by atoms with Crippen molar-refractivity contribution in [3.63, 3.8) is 0 Å². The van der Waals surface area contributed by atoms with Gasteiger partial charge in [0.25, 0.3) is 5.91 Å². The number of amides is 1. The van der Waals surface area contributed by atoms with Crippen LogP contribution in [0, 0.1) is 0 Å². The van der Waals surface area contributed by atoms with Crippen molar-refractivity contribution in [3.8, 4) is 0 Å². The summed E-state index contributed by atoms with van der Waals surface area (Å²) in [6.45, 7) is 3.89. The summed E-state index contributed by atoms with van der Waals surface area (Å²) < 4.78 is 32.8. The molecule has 1 heterocycles. The van der Waals surface area contributed by atoms with Gasteiger partial charge in [-0.3, -0.25) is 4.79 Å². The van der Waals surface area contributed by atoms with Gasteiger partial charge >= 0.3 is 5.92 Å². The quantitative estimate of drug-likeness (QED) is 0.811. The molecule has 22 heavy (non-hydrogen) atoms. The van der Waals surface area contributed by atoms with Crippen molar-refractivity contribution < 1.29 is 23.2 Å². The lowest BCUT2D eigenvalue weighted by Crippen LogP contribution is -2.60. The molecule has 0 bridgehead atoms. The van der Waals surface area contributed by atoms with Crippen LogP contribution in [0.2, 0.25) is 0 Å². The molecule has 1 fully saturated rings. The van der Waals surface area contributed by atoms with Gasteiger partial charge in [-0.1, -0.05) is 19.0 Å². The average molecular weight is 316 g/mol. The second-order valence-corrected chi connectivity index (χ2v) is 5.87. The number of aliphatic hydroxyl groups is 1. The van der Waals surface area contributed by atoms with E-state index in [4.69, 9.17) is 4.52 Å². The molecule has 124 valence electrons. The van der Waals surface area contributed by atoms with E-state index >= 15 is 0 Å². The van der Waals surface area contributed by atoms with E-state index in [0.717, 1.165) is 18.5 Å². The number of rotatable bonds is 7. The van der Waals surface area contributed by atoms with E-state index in [1.807, 2.05) is 13.8 Å². The lowest BCUT2D eigenvalue weighted by molar-refractivity contribution is -0.216. The molecule has 1 aromatic rings. The van der Waals surface area contributed by atoms with Gasteiger partial charge in [-0.2, -0.15) is 8.78 Å². The van der Waals surface area contributed by atoms with E-state index in [2.05, 4.69) is 10.5 Å². The van der Waals surface area contributed by atoms with E-state index < -0.39 is 17.4 Å². The van der Waals surface area contributed by atoms with Gasteiger partial charge < -0.3 is 14.9 Å². The lowest BCUT2D eigenvalue weighted by atomic mass is 9.75. The highest BCUT2D eigenvalue weighted by Gasteiger charge is 2.61. The average Bonchev–Trinajstić information content (AvgIpc) is 2.92. The Hall–Kier alpha value is -1.50. The molecule has 1 aliphatic carbocycles. The van der Waals surface area contributed by atoms with E-state index in [1.165, 1.54) is 0 Å². The summed E-state index contributed by atoms with van der Waals surface area (Å²) in [5, 5.41) is 15.7. The molecule has 1 aliphatic rings. The van der Waals surface area contributed by atoms with Crippen LogP contribution < -0.4 is 5.32 Å². The van der Waals surface area contributed by atoms with Crippen LogP contribution in [0.4, 0.5) is 8.78 Å². The summed E-state index contributed by atoms with van der Waals surface area (Å²) in [4.78, 5) is 11.6. The van der Waals surface area contributed by atoms with Gasteiger partial charge in [-0.15, -0.1) is 0 Å². The summed E-state index contributed by atoms with van der Waals surface area (Å²) in [6.07, 6.45) is 2.18. The molecule has 0 aromatic carbocycles. The highest BCUT2D eigenvalue weighted by molar-refractivity contribution is 5.85. The molecule has 1 aromatic heterocycles. The van der Waals surface area contributed by atoms with E-state index in [-0.39, 0.29) is 25.3 Å². The third-order valence-electron chi connectivity index (χ3n) is 4.45. The topological polar surface area (TPSA) is 75.4 Å². The first-order valence-corrected chi connectivity index (χ1v) is 7.68. The number of halogens is 2. The Kier molecular flexibility index (Phi) is 4.84. The Bertz CT molecular complexity index is 523. The maximum atomic E-state index is 13.9. The Labute approximate surface area is 128 Å². The third kappa shape index (κ3) is 2.99. The normalized spacial score (nSPS) is 17.4. The van der Waals surface area contributed by atoms with Crippen molar-refractivity contribution in [2.45, 2.75) is 69.9 Å². The van der Waals surface area contributed by atoms with Crippen LogP contribution >= 0.6 is 0 Å². The van der Waals surface area contributed by atoms with E-state index in [0.29, 0.717) is 12.2 Å². The van der Waals surface area contributed by atoms with Gasteiger partial charge in [0.05, 0.1) is 12.2 Å². The van der Waals surface area contributed by atoms with Crippen molar-refractivity contribution in [2.24, 2.45) is 0 Å². The molecule has 5 nitrogen and oxygen atoms in total. The SMILES string of the molecule is CCC(CC)c1cc(CNC(=O)C(F)(F)C2(O)CCC2)on1. The zero-order valence-electron chi connectivity index (χ0n) is 12.9. The lowest BCUT2D eigenvalue weighted by Gasteiger charge is -2.41. The minimum atomic E-state index is -3.79. The zero-order chi connectivity index (χ0) is 16.4. The Morgan fingerprint density at radius 1 is 1.50 bits per heavy atom. The zero-order valence-corrected chi connectivity index (χ0v) is 12.9. The van der Waals surface area contributed by atoms with Crippen molar-refractivity contribution in [2.75, 3.05) is 0 Å². The Morgan fingerprint density at radius 2 is 2.14 bits per heavy atom. The molecular formula is C15H22F2N2O3. The second kappa shape index (κ2) is 6.32. The highest BCUT2D eigenvalue weighted by Crippen LogP contribution is 2.44. The number of alkyl halides is 2. The summed E-state index contributed by atoms with van der Waals surface area (Å²) in [6, 6.07) is 1.67. The Morgan fingerprint density at radius 3 is 2.64 bits per heavy atom. The molecule has 7 heteroatoms. The molecule has 1 amide bonds. The molecule has 0 aliphatic heterocycles. The summed E-state index contributed by atoms with van der Waals surface area (Å²) >= 11 is 0. The van der Waals surface area contributed by atoms with E-state index in [9.17, 15) is 18.7 Å². The fourth-order valence-corrected chi connectivity index (χ4v) is 2.63. The molecule has 2 N–H and O–H groups in total. The van der Waals surface area contributed by atoms with Crippen LogP contribution in [0.3, 0.4) is 0 Å². The van der Waals surface area contributed by atoms with Gasteiger partial charge in [0.15, 0.2) is 5.76 Å². The monoisotopic (exact) mass is 316 g/mol. The molecule has 0 atom stereocenters. The van der Waals surface area contributed by atoms with Gasteiger partial charge in [-0.05, 0) is 32.1 Å². The summed E-state index contributed by atoms with van der Waals surface area (Å²) in [7, 11) is 0. The number of nitrogens with zero attached hydrogens (tertiary/aromatic N) is 1. The van der Waals surface area contributed by atoms with Crippen molar-refractivity contribution in [1.29, 1.82) is 0 Å². The molecular weight excluding hydrogens is 294 g/mol. The van der Waals surface area contributed by atoms with Gasteiger partial charge in [0, 0.05) is 12.0 Å². The fourth-order valence-electron chi connectivity index (χ4n) is 2.63. The van der Waals surface area contributed by atoms with Crippen LogP contribution in [0.25, 0.3) is 0 Å². The summed E-state index contributed by atoms with van der Waals surface area (Å²) in [5.74, 6) is -4.68. The van der Waals surface area contributed by atoms with Crippen LogP contribution in [0.5, 0.6) is 0 Å². The molecule has 2 rings (SSSR count). The molecule has 0 unspecified atom stereocenters. The van der Waals surface area contributed by atoms with Crippen molar-refractivity contribution in [3.05, 3.63) is 17.5 Å². The number of nitrogens with one attached hydrogen (secondary N) is 1. The van der Waals surface area contributed by atoms with Crippen molar-refractivity contribution in [1.82, 2.24) is 10.5 Å². The molecule has 0 spiro atoms. The van der Waals surface area contributed by atoms with Gasteiger partial charge in [0.2, 0.25) is 0 Å². The van der Waals surface area contributed by atoms with Crippen molar-refractivity contribution >= 4 is 5.91 Å². The fraction of sp³-hybridized carbons (Fsp3) is 0.733. The standard InChI is InChI=1S/C15H22F2N2O3/c1-3-10(4-2)12-8-11(22-19-12)9-18-13(20)15(16,17)14(21)6-5-7-14/h8,10,21H,3-7,9H2,1-2H3,(H,18,20). The molecule has 0 saturated heterocycles. The second-order valence-electron chi connectivity index (χ2n) is 5.87. The maximum absolute atomic E-state index is 13.9. The first kappa shape index (κ1) is 16.9. The van der Waals surface area contributed by atoms with Crippen LogP contribution in [0.1, 0.15) is 63.3 Å². The predicted molar refractivity (Wildman–Crippen MR) is 75.4 cm³/mol. The number of carbonyl (C=O) groups is 1. The number of carbonyl (C=O) groups excluding carboxylic acids is 1. The number of aromatic nitrogens is 1. The van der Waals surface area contributed by atoms with Gasteiger partial charge in [0.1, 0.15) is 5.60 Å². The van der Waals surface area contributed by atoms with E-state index in [1.54, 1.807) is 6.07 Å². The van der Waals surface area contributed by atoms with Gasteiger partial charge in [-0.25, -0.2) is 0 Å². The minimum Gasteiger partial charge on any atom is -0.383 e. The van der Waals surface area contributed by atoms with Crippen LogP contribution in [0.15, 0.2) is 10.6 Å².